The van der Waals surface area contributed by atoms with E-state index in [2.05, 4.69) is 15.5 Å². The molecule has 144 valence electrons. The van der Waals surface area contributed by atoms with Gasteiger partial charge in [0.1, 0.15) is 15.8 Å². The van der Waals surface area contributed by atoms with Crippen LogP contribution in [-0.4, -0.2) is 34.8 Å². The molecule has 1 unspecified atom stereocenters. The Bertz CT molecular complexity index is 927. The average Bonchev–Trinajstić information content (AvgIpc) is 3.43. The van der Waals surface area contributed by atoms with Crippen molar-refractivity contribution in [3.63, 3.8) is 0 Å². The van der Waals surface area contributed by atoms with Gasteiger partial charge in [-0.05, 0) is 30.5 Å². The number of benzene rings is 2. The summed E-state index contributed by atoms with van der Waals surface area (Å²) in [7, 11) is 1.65. The molecular formula is C21H22N4O2S. The summed E-state index contributed by atoms with van der Waals surface area (Å²) in [6.45, 7) is 1.14. The molecule has 28 heavy (non-hydrogen) atoms. The van der Waals surface area contributed by atoms with Crippen molar-refractivity contribution in [3.8, 4) is 16.3 Å². The van der Waals surface area contributed by atoms with Gasteiger partial charge in [0, 0.05) is 12.1 Å². The van der Waals surface area contributed by atoms with Gasteiger partial charge >= 0.3 is 6.03 Å². The number of aromatic nitrogens is 2. The van der Waals surface area contributed by atoms with Gasteiger partial charge in [0.2, 0.25) is 0 Å². The zero-order chi connectivity index (χ0) is 19.3. The molecule has 1 saturated heterocycles. The van der Waals surface area contributed by atoms with E-state index < -0.39 is 0 Å². The van der Waals surface area contributed by atoms with Gasteiger partial charge in [0.05, 0.1) is 19.7 Å². The van der Waals surface area contributed by atoms with Gasteiger partial charge in [-0.3, -0.25) is 0 Å². The first-order valence-corrected chi connectivity index (χ1v) is 10.1. The lowest BCUT2D eigenvalue weighted by molar-refractivity contribution is 0.192. The summed E-state index contributed by atoms with van der Waals surface area (Å²) in [6, 6.07) is 17.9. The van der Waals surface area contributed by atoms with E-state index >= 15 is 0 Å². The van der Waals surface area contributed by atoms with Crippen molar-refractivity contribution >= 4 is 17.4 Å². The molecule has 1 aliphatic heterocycles. The number of methoxy groups -OCH3 is 1. The van der Waals surface area contributed by atoms with Crippen LogP contribution in [0.1, 0.15) is 29.5 Å². The minimum Gasteiger partial charge on any atom is -0.497 e. The van der Waals surface area contributed by atoms with Gasteiger partial charge in [-0.1, -0.05) is 53.8 Å². The number of carbonyl (C=O) groups is 1. The molecule has 2 heterocycles. The van der Waals surface area contributed by atoms with Gasteiger partial charge < -0.3 is 15.0 Å². The predicted octanol–water partition coefficient (Wildman–Crippen LogP) is 4.26. The molecular weight excluding hydrogens is 372 g/mol. The molecule has 3 aromatic rings. The van der Waals surface area contributed by atoms with E-state index in [1.807, 2.05) is 59.5 Å². The highest BCUT2D eigenvalue weighted by atomic mass is 32.1. The van der Waals surface area contributed by atoms with Crippen LogP contribution in [0.25, 0.3) is 10.6 Å². The minimum absolute atomic E-state index is 0.0604. The van der Waals surface area contributed by atoms with Crippen LogP contribution < -0.4 is 10.1 Å². The van der Waals surface area contributed by atoms with Gasteiger partial charge in [0.25, 0.3) is 0 Å². The molecule has 0 spiro atoms. The third kappa shape index (κ3) is 3.99. The number of carbonyl (C=O) groups excluding carboxylic acids is 1. The monoisotopic (exact) mass is 394 g/mol. The number of nitrogens with one attached hydrogen (secondary N) is 1. The predicted molar refractivity (Wildman–Crippen MR) is 109 cm³/mol. The third-order valence-corrected chi connectivity index (χ3v) is 5.86. The van der Waals surface area contributed by atoms with Crippen molar-refractivity contribution in [2.75, 3.05) is 13.7 Å². The summed E-state index contributed by atoms with van der Waals surface area (Å²) in [5.41, 5.74) is 2.17. The Morgan fingerprint density at radius 3 is 2.71 bits per heavy atom. The Balaban J connectivity index is 1.38. The van der Waals surface area contributed by atoms with Crippen LogP contribution in [0.2, 0.25) is 0 Å². The first-order chi connectivity index (χ1) is 13.7. The number of urea groups is 1. The van der Waals surface area contributed by atoms with Crippen LogP contribution in [0.3, 0.4) is 0 Å². The van der Waals surface area contributed by atoms with E-state index in [0.29, 0.717) is 6.54 Å². The van der Waals surface area contributed by atoms with Gasteiger partial charge in [-0.25, -0.2) is 4.79 Å². The van der Waals surface area contributed by atoms with Crippen molar-refractivity contribution < 1.29 is 9.53 Å². The molecule has 1 aliphatic rings. The third-order valence-electron chi connectivity index (χ3n) is 4.89. The maximum atomic E-state index is 12.7. The number of rotatable bonds is 5. The lowest BCUT2D eigenvalue weighted by atomic mass is 10.0. The summed E-state index contributed by atoms with van der Waals surface area (Å²) < 4.78 is 5.22. The first-order valence-electron chi connectivity index (χ1n) is 9.31. The number of hydrogen-bond donors (Lipinski definition) is 1. The van der Waals surface area contributed by atoms with E-state index in [1.165, 1.54) is 11.3 Å². The van der Waals surface area contributed by atoms with Crippen LogP contribution in [0.15, 0.2) is 54.6 Å². The van der Waals surface area contributed by atoms with Gasteiger partial charge in [-0.15, -0.1) is 10.2 Å². The number of likely N-dealkylation sites (tertiary alicyclic amines) is 1. The van der Waals surface area contributed by atoms with Crippen LogP contribution in [0.5, 0.6) is 5.75 Å². The normalized spacial score (nSPS) is 16.2. The quantitative estimate of drug-likeness (QED) is 0.702. The molecule has 0 radical (unpaired) electrons. The number of ether oxygens (including phenoxy) is 1. The number of hydrogen-bond acceptors (Lipinski definition) is 5. The Hall–Kier alpha value is -2.93. The summed E-state index contributed by atoms with van der Waals surface area (Å²) in [4.78, 5) is 14.7. The lowest BCUT2D eigenvalue weighted by Gasteiger charge is -2.25. The Labute approximate surface area is 168 Å². The maximum Gasteiger partial charge on any atom is 0.318 e. The van der Waals surface area contributed by atoms with Crippen molar-refractivity contribution in [1.82, 2.24) is 20.4 Å². The fraction of sp³-hybridized carbons (Fsp3) is 0.286. The second kappa shape index (κ2) is 8.39. The first kappa shape index (κ1) is 18.4. The summed E-state index contributed by atoms with van der Waals surface area (Å²) in [5.74, 6) is 0.822. The Kier molecular flexibility index (Phi) is 5.53. The van der Waals surface area contributed by atoms with E-state index in [0.717, 1.165) is 46.3 Å². The van der Waals surface area contributed by atoms with Gasteiger partial charge in [-0.2, -0.15) is 0 Å². The Morgan fingerprint density at radius 1 is 1.18 bits per heavy atom. The molecule has 7 heteroatoms. The van der Waals surface area contributed by atoms with Crippen molar-refractivity contribution in [2.24, 2.45) is 0 Å². The summed E-state index contributed by atoms with van der Waals surface area (Å²) in [6.07, 6.45) is 1.97. The van der Waals surface area contributed by atoms with Crippen molar-refractivity contribution in [2.45, 2.75) is 25.4 Å². The molecule has 4 rings (SSSR count). The molecule has 1 fully saturated rings. The minimum atomic E-state index is -0.0604. The second-order valence-electron chi connectivity index (χ2n) is 6.65. The zero-order valence-electron chi connectivity index (χ0n) is 15.7. The molecule has 0 aliphatic carbocycles. The van der Waals surface area contributed by atoms with Gasteiger partial charge in [0.15, 0.2) is 0 Å². The fourth-order valence-corrected chi connectivity index (χ4v) is 4.24. The number of nitrogens with zero attached hydrogens (tertiary/aromatic N) is 3. The largest absolute Gasteiger partial charge is 0.497 e. The highest BCUT2D eigenvalue weighted by molar-refractivity contribution is 7.14. The standard InChI is InChI=1S/C21H22N4O2S/c1-27-17-11-9-15(10-12-17)18-8-5-13-25(18)21(26)22-14-19-23-24-20(28-19)16-6-3-2-4-7-16/h2-4,6-7,9-12,18H,5,8,13-14H2,1H3,(H,22,26). The SMILES string of the molecule is COc1ccc(C2CCCN2C(=O)NCc2nnc(-c3ccccc3)s2)cc1. The lowest BCUT2D eigenvalue weighted by Crippen LogP contribution is -2.39. The number of amides is 2. The molecule has 6 nitrogen and oxygen atoms in total. The van der Waals surface area contributed by atoms with Crippen LogP contribution in [-0.2, 0) is 6.54 Å². The van der Waals surface area contributed by atoms with E-state index in [9.17, 15) is 4.79 Å². The van der Waals surface area contributed by atoms with E-state index in [-0.39, 0.29) is 12.1 Å². The average molecular weight is 395 g/mol. The smallest absolute Gasteiger partial charge is 0.318 e. The summed E-state index contributed by atoms with van der Waals surface area (Å²) >= 11 is 1.50. The zero-order valence-corrected chi connectivity index (χ0v) is 16.5. The van der Waals surface area contributed by atoms with E-state index in [1.54, 1.807) is 7.11 Å². The molecule has 2 aromatic carbocycles. The van der Waals surface area contributed by atoms with Crippen molar-refractivity contribution in [1.29, 1.82) is 0 Å². The van der Waals surface area contributed by atoms with Crippen LogP contribution in [0, 0.1) is 0 Å². The molecule has 0 bridgehead atoms. The maximum absolute atomic E-state index is 12.7. The fourth-order valence-electron chi connectivity index (χ4n) is 3.46. The topological polar surface area (TPSA) is 67.3 Å². The molecule has 1 N–H and O–H groups in total. The van der Waals surface area contributed by atoms with Crippen LogP contribution in [0.4, 0.5) is 4.79 Å². The molecule has 1 atom stereocenters. The highest BCUT2D eigenvalue weighted by Crippen LogP contribution is 2.32. The Morgan fingerprint density at radius 2 is 1.96 bits per heavy atom. The van der Waals surface area contributed by atoms with Crippen LogP contribution >= 0.6 is 11.3 Å². The highest BCUT2D eigenvalue weighted by Gasteiger charge is 2.30. The molecule has 0 saturated carbocycles. The molecule has 1 aromatic heterocycles. The summed E-state index contributed by atoms with van der Waals surface area (Å²) in [5, 5.41) is 13.1. The second-order valence-corrected chi connectivity index (χ2v) is 7.71. The molecule has 2 amide bonds. The van der Waals surface area contributed by atoms with E-state index in [4.69, 9.17) is 4.74 Å². The van der Waals surface area contributed by atoms with Crippen molar-refractivity contribution in [3.05, 3.63) is 65.2 Å².